The van der Waals surface area contributed by atoms with Crippen LogP contribution in [0.15, 0.2) is 24.3 Å². The van der Waals surface area contributed by atoms with E-state index < -0.39 is 10.8 Å². The number of hydrogen-bond acceptors (Lipinski definition) is 2. The van der Waals surface area contributed by atoms with Crippen molar-refractivity contribution >= 4 is 10.8 Å². The Morgan fingerprint density at radius 1 is 1.24 bits per heavy atom. The van der Waals surface area contributed by atoms with E-state index in [1.54, 1.807) is 6.26 Å². The molecule has 0 heterocycles. The Morgan fingerprint density at radius 3 is 2.29 bits per heavy atom. The van der Waals surface area contributed by atoms with Gasteiger partial charge in [0.1, 0.15) is 0 Å². The SMILES string of the molecule is CCc1ccc(C(C)NC(C)CS(C)=O)cc1. The molecule has 0 bridgehead atoms. The smallest absolute Gasteiger partial charge is 0.0383 e. The van der Waals surface area contributed by atoms with Crippen LogP contribution in [0.1, 0.15) is 37.9 Å². The molecule has 0 aliphatic carbocycles. The first kappa shape index (κ1) is 14.4. The monoisotopic (exact) mass is 253 g/mol. The summed E-state index contributed by atoms with van der Waals surface area (Å²) in [5.41, 5.74) is 2.65. The maximum absolute atomic E-state index is 11.1. The van der Waals surface area contributed by atoms with E-state index in [1.165, 1.54) is 11.1 Å². The first-order valence-corrected chi connectivity index (χ1v) is 7.90. The fourth-order valence-corrected chi connectivity index (χ4v) is 2.77. The second-order valence-corrected chi connectivity index (χ2v) is 6.10. The van der Waals surface area contributed by atoms with Gasteiger partial charge in [-0.3, -0.25) is 4.21 Å². The van der Waals surface area contributed by atoms with Crippen molar-refractivity contribution in [2.75, 3.05) is 12.0 Å². The number of aryl methyl sites for hydroxylation is 1. The molecule has 1 N–H and O–H groups in total. The molecule has 1 rings (SSSR count). The van der Waals surface area contributed by atoms with Gasteiger partial charge >= 0.3 is 0 Å². The van der Waals surface area contributed by atoms with Crippen LogP contribution in [0.3, 0.4) is 0 Å². The van der Waals surface area contributed by atoms with Crippen LogP contribution in [-0.2, 0) is 17.2 Å². The van der Waals surface area contributed by atoms with Crippen molar-refractivity contribution in [3.63, 3.8) is 0 Å². The van der Waals surface area contributed by atoms with Gasteiger partial charge in [-0.25, -0.2) is 0 Å². The Bertz CT molecular complexity index is 361. The molecule has 0 fully saturated rings. The lowest BCUT2D eigenvalue weighted by Crippen LogP contribution is -2.33. The lowest BCUT2D eigenvalue weighted by Gasteiger charge is -2.19. The van der Waals surface area contributed by atoms with E-state index in [4.69, 9.17) is 0 Å². The molecule has 0 saturated carbocycles. The lowest BCUT2D eigenvalue weighted by molar-refractivity contribution is 0.508. The molecular formula is C14H23NOS. The third-order valence-corrected chi connectivity index (χ3v) is 3.88. The van der Waals surface area contributed by atoms with Gasteiger partial charge in [0.15, 0.2) is 0 Å². The molecule has 3 atom stereocenters. The van der Waals surface area contributed by atoms with Gasteiger partial charge in [-0.1, -0.05) is 31.2 Å². The molecule has 17 heavy (non-hydrogen) atoms. The number of nitrogens with one attached hydrogen (secondary N) is 1. The van der Waals surface area contributed by atoms with Gasteiger partial charge < -0.3 is 5.32 Å². The van der Waals surface area contributed by atoms with Gasteiger partial charge in [0, 0.05) is 34.9 Å². The van der Waals surface area contributed by atoms with E-state index in [0.717, 1.165) is 6.42 Å². The quantitative estimate of drug-likeness (QED) is 0.844. The maximum atomic E-state index is 11.1. The lowest BCUT2D eigenvalue weighted by atomic mass is 10.0. The molecule has 0 saturated heterocycles. The Hall–Kier alpha value is -0.670. The summed E-state index contributed by atoms with van der Waals surface area (Å²) in [7, 11) is -0.736. The van der Waals surface area contributed by atoms with Gasteiger partial charge in [-0.2, -0.15) is 0 Å². The van der Waals surface area contributed by atoms with Crippen LogP contribution in [0, 0.1) is 0 Å². The second kappa shape index (κ2) is 6.92. The second-order valence-electron chi connectivity index (χ2n) is 4.62. The maximum Gasteiger partial charge on any atom is 0.0383 e. The van der Waals surface area contributed by atoms with E-state index in [1.807, 2.05) is 0 Å². The van der Waals surface area contributed by atoms with Crippen molar-refractivity contribution in [3.05, 3.63) is 35.4 Å². The minimum Gasteiger partial charge on any atom is -0.307 e. The predicted molar refractivity (Wildman–Crippen MR) is 75.8 cm³/mol. The summed E-state index contributed by atoms with van der Waals surface area (Å²) in [4.78, 5) is 0. The van der Waals surface area contributed by atoms with Crippen molar-refractivity contribution in [2.45, 2.75) is 39.3 Å². The van der Waals surface area contributed by atoms with Gasteiger partial charge in [0.2, 0.25) is 0 Å². The fourth-order valence-electron chi connectivity index (χ4n) is 1.97. The average molecular weight is 253 g/mol. The third-order valence-electron chi connectivity index (χ3n) is 2.91. The van der Waals surface area contributed by atoms with E-state index in [9.17, 15) is 4.21 Å². The van der Waals surface area contributed by atoms with E-state index in [2.05, 4.69) is 50.4 Å². The van der Waals surface area contributed by atoms with Crippen molar-refractivity contribution < 1.29 is 4.21 Å². The molecule has 0 aliphatic heterocycles. The Labute approximate surface area is 107 Å². The minimum atomic E-state index is -0.736. The summed E-state index contributed by atoms with van der Waals surface area (Å²) in [5.74, 6) is 0.706. The zero-order valence-electron chi connectivity index (χ0n) is 11.2. The molecule has 0 amide bonds. The van der Waals surface area contributed by atoms with Crippen LogP contribution in [0.25, 0.3) is 0 Å². The standard InChI is InChI=1S/C14H23NOS/c1-5-13-6-8-14(9-7-13)12(3)15-11(2)10-17(4)16/h6-9,11-12,15H,5,10H2,1-4H3. The Balaban J connectivity index is 2.56. The number of hydrogen-bond donors (Lipinski definition) is 1. The van der Waals surface area contributed by atoms with Crippen LogP contribution in [0.2, 0.25) is 0 Å². The normalized spacial score (nSPS) is 16.5. The van der Waals surface area contributed by atoms with Gasteiger partial charge in [-0.05, 0) is 31.4 Å². The van der Waals surface area contributed by atoms with E-state index >= 15 is 0 Å². The molecule has 0 aliphatic rings. The third kappa shape index (κ3) is 5.00. The molecule has 0 radical (unpaired) electrons. The highest BCUT2D eigenvalue weighted by Crippen LogP contribution is 2.14. The largest absolute Gasteiger partial charge is 0.307 e. The highest BCUT2D eigenvalue weighted by molar-refractivity contribution is 7.84. The Kier molecular flexibility index (Phi) is 5.86. The molecule has 3 unspecified atom stereocenters. The van der Waals surface area contributed by atoms with Gasteiger partial charge in [-0.15, -0.1) is 0 Å². The fraction of sp³-hybridized carbons (Fsp3) is 0.571. The average Bonchev–Trinajstić information content (AvgIpc) is 2.28. The predicted octanol–water partition coefficient (Wildman–Crippen LogP) is 2.67. The van der Waals surface area contributed by atoms with Crippen LogP contribution in [0.4, 0.5) is 0 Å². The van der Waals surface area contributed by atoms with Crippen LogP contribution >= 0.6 is 0 Å². The van der Waals surface area contributed by atoms with Crippen LogP contribution in [-0.4, -0.2) is 22.3 Å². The first-order chi connectivity index (χ1) is 8.02. The molecule has 1 aromatic carbocycles. The highest BCUT2D eigenvalue weighted by Gasteiger charge is 2.10. The highest BCUT2D eigenvalue weighted by atomic mass is 32.2. The molecule has 2 nitrogen and oxygen atoms in total. The van der Waals surface area contributed by atoms with Crippen LogP contribution in [0.5, 0.6) is 0 Å². The number of rotatable bonds is 6. The van der Waals surface area contributed by atoms with Crippen LogP contribution < -0.4 is 5.32 Å². The zero-order valence-corrected chi connectivity index (χ0v) is 12.0. The van der Waals surface area contributed by atoms with Crippen molar-refractivity contribution in [1.29, 1.82) is 0 Å². The molecule has 3 heteroatoms. The summed E-state index contributed by atoms with van der Waals surface area (Å²) >= 11 is 0. The molecule has 0 aromatic heterocycles. The summed E-state index contributed by atoms with van der Waals surface area (Å²) in [6.07, 6.45) is 2.83. The molecular weight excluding hydrogens is 230 g/mol. The first-order valence-electron chi connectivity index (χ1n) is 6.17. The summed E-state index contributed by atoms with van der Waals surface area (Å²) < 4.78 is 11.1. The summed E-state index contributed by atoms with van der Waals surface area (Å²) in [6, 6.07) is 9.28. The topological polar surface area (TPSA) is 29.1 Å². The zero-order chi connectivity index (χ0) is 12.8. The van der Waals surface area contributed by atoms with Crippen molar-refractivity contribution in [3.8, 4) is 0 Å². The molecule has 0 spiro atoms. The Morgan fingerprint density at radius 2 is 1.82 bits per heavy atom. The van der Waals surface area contributed by atoms with Crippen molar-refractivity contribution in [1.82, 2.24) is 5.32 Å². The van der Waals surface area contributed by atoms with Crippen molar-refractivity contribution in [2.24, 2.45) is 0 Å². The van der Waals surface area contributed by atoms with E-state index in [-0.39, 0.29) is 6.04 Å². The van der Waals surface area contributed by atoms with Gasteiger partial charge in [0.25, 0.3) is 0 Å². The van der Waals surface area contributed by atoms with Gasteiger partial charge in [0.05, 0.1) is 0 Å². The summed E-state index contributed by atoms with van der Waals surface area (Å²) in [6.45, 7) is 6.39. The molecule has 96 valence electrons. The minimum absolute atomic E-state index is 0.279. The molecule has 1 aromatic rings. The summed E-state index contributed by atoms with van der Waals surface area (Å²) in [5, 5.41) is 3.47. The van der Waals surface area contributed by atoms with E-state index in [0.29, 0.717) is 11.8 Å². The number of benzene rings is 1.